The molecular formula is C25H32N4O2. The van der Waals surface area contributed by atoms with E-state index in [1.807, 2.05) is 12.1 Å². The Bertz CT molecular complexity index is 960. The van der Waals surface area contributed by atoms with Crippen LogP contribution in [0.25, 0.3) is 0 Å². The van der Waals surface area contributed by atoms with Gasteiger partial charge in [0.1, 0.15) is 17.4 Å². The predicted molar refractivity (Wildman–Crippen MR) is 121 cm³/mol. The van der Waals surface area contributed by atoms with Crippen LogP contribution in [0, 0.1) is 12.8 Å². The third-order valence-electron chi connectivity index (χ3n) is 7.01. The average molecular weight is 421 g/mol. The van der Waals surface area contributed by atoms with Crippen LogP contribution in [0.15, 0.2) is 24.3 Å². The third kappa shape index (κ3) is 4.25. The zero-order chi connectivity index (χ0) is 21.4. The largest absolute Gasteiger partial charge is 0.497 e. The van der Waals surface area contributed by atoms with Gasteiger partial charge in [0.15, 0.2) is 0 Å². The van der Waals surface area contributed by atoms with Crippen LogP contribution < -0.4 is 9.64 Å². The monoisotopic (exact) mass is 420 g/mol. The minimum Gasteiger partial charge on any atom is -0.497 e. The van der Waals surface area contributed by atoms with Gasteiger partial charge in [-0.25, -0.2) is 9.97 Å². The Balaban J connectivity index is 1.39. The summed E-state index contributed by atoms with van der Waals surface area (Å²) in [6, 6.07) is 8.23. The molecule has 1 saturated heterocycles. The summed E-state index contributed by atoms with van der Waals surface area (Å²) in [5.41, 5.74) is 3.46. The van der Waals surface area contributed by atoms with Crippen LogP contribution in [0.2, 0.25) is 0 Å². The van der Waals surface area contributed by atoms with Crippen molar-refractivity contribution in [3.8, 4) is 5.75 Å². The number of piperazine rings is 1. The maximum absolute atomic E-state index is 12.7. The summed E-state index contributed by atoms with van der Waals surface area (Å²) in [7, 11) is 1.70. The highest BCUT2D eigenvalue weighted by molar-refractivity contribution is 5.80. The van der Waals surface area contributed by atoms with Crippen molar-refractivity contribution < 1.29 is 9.53 Å². The molecule has 6 nitrogen and oxygen atoms in total. The number of benzene rings is 1. The number of nitrogens with zero attached hydrogens (tertiary/aromatic N) is 4. The van der Waals surface area contributed by atoms with Crippen LogP contribution in [0.4, 0.5) is 5.82 Å². The Morgan fingerprint density at radius 1 is 1.10 bits per heavy atom. The standard InChI is InChI=1S/C25H32N4O2/c1-17-22(16-18-5-3-8-21(15-18)31-2)24(27-23(26-17)19-9-10-19)28-11-13-29(14-12-28)25(30)20-6-4-7-20/h3,5,8,15,19-20H,4,6-7,9-14,16H2,1-2H3. The number of aromatic nitrogens is 2. The molecule has 2 aromatic rings. The molecule has 0 unspecified atom stereocenters. The Morgan fingerprint density at radius 2 is 1.87 bits per heavy atom. The molecular weight excluding hydrogens is 388 g/mol. The highest BCUT2D eigenvalue weighted by Gasteiger charge is 2.33. The third-order valence-corrected chi connectivity index (χ3v) is 7.01. The number of methoxy groups -OCH3 is 1. The number of hydrogen-bond donors (Lipinski definition) is 0. The summed E-state index contributed by atoms with van der Waals surface area (Å²) < 4.78 is 5.42. The molecule has 3 aliphatic rings. The lowest BCUT2D eigenvalue weighted by atomic mass is 9.84. The SMILES string of the molecule is COc1cccc(Cc2c(C)nc(C3CC3)nc2N2CCN(C(=O)C3CCC3)CC2)c1. The van der Waals surface area contributed by atoms with Crippen molar-refractivity contribution in [3.63, 3.8) is 0 Å². The summed E-state index contributed by atoms with van der Waals surface area (Å²) in [6.07, 6.45) is 6.51. The van der Waals surface area contributed by atoms with Gasteiger partial charge < -0.3 is 14.5 Å². The van der Waals surface area contributed by atoms with Crippen molar-refractivity contribution in [1.29, 1.82) is 0 Å². The van der Waals surface area contributed by atoms with E-state index in [-0.39, 0.29) is 5.92 Å². The number of carbonyl (C=O) groups is 1. The maximum atomic E-state index is 12.7. The molecule has 1 aliphatic heterocycles. The van der Waals surface area contributed by atoms with Gasteiger partial charge in [0.25, 0.3) is 0 Å². The fraction of sp³-hybridized carbons (Fsp3) is 0.560. The molecule has 2 aliphatic carbocycles. The number of anilines is 1. The lowest BCUT2D eigenvalue weighted by molar-refractivity contribution is -0.138. The van der Waals surface area contributed by atoms with E-state index in [2.05, 4.69) is 28.9 Å². The predicted octanol–water partition coefficient (Wildman–Crippen LogP) is 3.71. The van der Waals surface area contributed by atoms with Gasteiger partial charge in [0.05, 0.1) is 7.11 Å². The number of ether oxygens (including phenoxy) is 1. The van der Waals surface area contributed by atoms with Crippen LogP contribution in [-0.4, -0.2) is 54.1 Å². The van der Waals surface area contributed by atoms with Gasteiger partial charge in [-0.1, -0.05) is 18.6 Å². The Kier molecular flexibility index (Phi) is 5.55. The van der Waals surface area contributed by atoms with E-state index in [0.717, 1.165) is 68.5 Å². The molecule has 0 atom stereocenters. The van der Waals surface area contributed by atoms with E-state index in [0.29, 0.717) is 11.8 Å². The number of aryl methyl sites for hydroxylation is 1. The van der Waals surface area contributed by atoms with Crippen LogP contribution in [0.3, 0.4) is 0 Å². The molecule has 2 heterocycles. The lowest BCUT2D eigenvalue weighted by Crippen LogP contribution is -2.51. The zero-order valence-corrected chi connectivity index (χ0v) is 18.6. The molecule has 6 heteroatoms. The molecule has 0 bridgehead atoms. The van der Waals surface area contributed by atoms with E-state index in [4.69, 9.17) is 14.7 Å². The molecule has 3 fully saturated rings. The van der Waals surface area contributed by atoms with Gasteiger partial charge >= 0.3 is 0 Å². The van der Waals surface area contributed by atoms with Crippen molar-refractivity contribution in [1.82, 2.24) is 14.9 Å². The summed E-state index contributed by atoms with van der Waals surface area (Å²) in [4.78, 5) is 27.1. The van der Waals surface area contributed by atoms with E-state index < -0.39 is 0 Å². The number of hydrogen-bond acceptors (Lipinski definition) is 5. The molecule has 2 saturated carbocycles. The Morgan fingerprint density at radius 3 is 2.52 bits per heavy atom. The lowest BCUT2D eigenvalue weighted by Gasteiger charge is -2.39. The summed E-state index contributed by atoms with van der Waals surface area (Å²) in [6.45, 7) is 5.36. The second-order valence-corrected chi connectivity index (χ2v) is 9.21. The minimum atomic E-state index is 0.276. The molecule has 0 N–H and O–H groups in total. The van der Waals surface area contributed by atoms with Crippen molar-refractivity contribution in [2.75, 3.05) is 38.2 Å². The molecule has 0 spiro atoms. The number of rotatable bonds is 6. The Labute approximate surface area is 184 Å². The zero-order valence-electron chi connectivity index (χ0n) is 18.6. The first-order chi connectivity index (χ1) is 15.1. The molecule has 1 aromatic carbocycles. The first-order valence-electron chi connectivity index (χ1n) is 11.7. The van der Waals surface area contributed by atoms with Crippen LogP contribution in [-0.2, 0) is 11.2 Å². The quantitative estimate of drug-likeness (QED) is 0.713. The van der Waals surface area contributed by atoms with Gasteiger partial charge in [-0.3, -0.25) is 4.79 Å². The second-order valence-electron chi connectivity index (χ2n) is 9.21. The molecule has 5 rings (SSSR count). The topological polar surface area (TPSA) is 58.6 Å². The van der Waals surface area contributed by atoms with E-state index in [1.165, 1.54) is 30.4 Å². The molecule has 31 heavy (non-hydrogen) atoms. The first-order valence-corrected chi connectivity index (χ1v) is 11.7. The fourth-order valence-electron chi connectivity index (χ4n) is 4.63. The molecule has 164 valence electrons. The van der Waals surface area contributed by atoms with Crippen molar-refractivity contribution in [3.05, 3.63) is 46.9 Å². The summed E-state index contributed by atoms with van der Waals surface area (Å²) >= 11 is 0. The number of carbonyl (C=O) groups excluding carboxylic acids is 1. The van der Waals surface area contributed by atoms with Gasteiger partial charge in [-0.15, -0.1) is 0 Å². The molecule has 1 amide bonds. The van der Waals surface area contributed by atoms with Gasteiger partial charge in [0.2, 0.25) is 5.91 Å². The smallest absolute Gasteiger partial charge is 0.225 e. The molecule has 1 aromatic heterocycles. The summed E-state index contributed by atoms with van der Waals surface area (Å²) in [5.74, 6) is 4.08. The first kappa shape index (κ1) is 20.3. The van der Waals surface area contributed by atoms with Crippen molar-refractivity contribution >= 4 is 11.7 Å². The van der Waals surface area contributed by atoms with Crippen molar-refractivity contribution in [2.45, 2.75) is 51.4 Å². The van der Waals surface area contributed by atoms with Crippen molar-refractivity contribution in [2.24, 2.45) is 5.92 Å². The Hall–Kier alpha value is -2.63. The van der Waals surface area contributed by atoms with E-state index in [1.54, 1.807) is 7.11 Å². The minimum absolute atomic E-state index is 0.276. The normalized spacial score (nSPS) is 19.3. The molecule has 0 radical (unpaired) electrons. The van der Waals surface area contributed by atoms with Gasteiger partial charge in [0, 0.05) is 55.7 Å². The van der Waals surface area contributed by atoms with Crippen LogP contribution >= 0.6 is 0 Å². The van der Waals surface area contributed by atoms with Gasteiger partial charge in [-0.2, -0.15) is 0 Å². The van der Waals surface area contributed by atoms with E-state index in [9.17, 15) is 4.79 Å². The second kappa shape index (κ2) is 8.48. The average Bonchev–Trinajstić information content (AvgIpc) is 3.59. The summed E-state index contributed by atoms with van der Waals surface area (Å²) in [5, 5.41) is 0. The van der Waals surface area contributed by atoms with Crippen LogP contribution in [0.1, 0.15) is 60.7 Å². The fourth-order valence-corrected chi connectivity index (χ4v) is 4.63. The maximum Gasteiger partial charge on any atom is 0.225 e. The highest BCUT2D eigenvalue weighted by atomic mass is 16.5. The van der Waals surface area contributed by atoms with Crippen LogP contribution in [0.5, 0.6) is 5.75 Å². The van der Waals surface area contributed by atoms with Gasteiger partial charge in [-0.05, 0) is 50.3 Å². The number of amides is 1. The highest BCUT2D eigenvalue weighted by Crippen LogP contribution is 2.40. The van der Waals surface area contributed by atoms with E-state index >= 15 is 0 Å².